The van der Waals surface area contributed by atoms with Gasteiger partial charge in [0, 0.05) is 11.1 Å². The molecule has 1 saturated heterocycles. The molecule has 0 bridgehead atoms. The molecule has 156 valence electrons. The summed E-state index contributed by atoms with van der Waals surface area (Å²) in [6, 6.07) is 6.27. The van der Waals surface area contributed by atoms with E-state index in [1.807, 2.05) is 0 Å². The van der Waals surface area contributed by atoms with Gasteiger partial charge in [0.25, 0.3) is 0 Å². The maximum absolute atomic E-state index is 13.0. The molecular formula is C22H33NO5. The van der Waals surface area contributed by atoms with Crippen LogP contribution in [0, 0.1) is 5.41 Å². The molecule has 1 N–H and O–H groups in total. The van der Waals surface area contributed by atoms with Crippen molar-refractivity contribution in [1.82, 2.24) is 4.90 Å². The number of nitrogens with zero attached hydrogens (tertiary/aromatic N) is 1. The lowest BCUT2D eigenvalue weighted by atomic mass is 9.63. The smallest absolute Gasteiger partial charge is 0.341 e. The van der Waals surface area contributed by atoms with E-state index in [0.717, 1.165) is 0 Å². The van der Waals surface area contributed by atoms with Gasteiger partial charge in [-0.2, -0.15) is 0 Å². The minimum absolute atomic E-state index is 0.0852. The highest BCUT2D eigenvalue weighted by Gasteiger charge is 2.55. The zero-order chi connectivity index (χ0) is 21.2. The molecule has 6 nitrogen and oxygen atoms in total. The van der Waals surface area contributed by atoms with Crippen LogP contribution in [-0.4, -0.2) is 53.3 Å². The van der Waals surface area contributed by atoms with E-state index in [1.54, 1.807) is 19.1 Å². The van der Waals surface area contributed by atoms with E-state index in [4.69, 9.17) is 9.47 Å². The van der Waals surface area contributed by atoms with Crippen LogP contribution in [0.25, 0.3) is 0 Å². The van der Waals surface area contributed by atoms with Gasteiger partial charge in [0.1, 0.15) is 11.3 Å². The van der Waals surface area contributed by atoms with Crippen LogP contribution in [0.3, 0.4) is 0 Å². The third-order valence-electron chi connectivity index (χ3n) is 6.00. The summed E-state index contributed by atoms with van der Waals surface area (Å²) < 4.78 is 10.8. The van der Waals surface area contributed by atoms with E-state index in [0.29, 0.717) is 25.9 Å². The van der Waals surface area contributed by atoms with E-state index >= 15 is 0 Å². The van der Waals surface area contributed by atoms with Crippen molar-refractivity contribution in [3.05, 3.63) is 29.8 Å². The molecular weight excluding hydrogens is 358 g/mol. The minimum Gasteiger partial charge on any atom is -0.507 e. The molecule has 0 radical (unpaired) electrons. The molecule has 1 fully saturated rings. The lowest BCUT2D eigenvalue weighted by molar-refractivity contribution is -0.171. The van der Waals surface area contributed by atoms with Crippen molar-refractivity contribution in [1.29, 1.82) is 0 Å². The summed E-state index contributed by atoms with van der Waals surface area (Å²) in [6.45, 7) is 10.7. The number of carbonyl (C=O) groups excluding carboxylic acids is 2. The van der Waals surface area contributed by atoms with Crippen molar-refractivity contribution < 1.29 is 24.2 Å². The topological polar surface area (TPSA) is 76.1 Å². The number of benzene rings is 1. The van der Waals surface area contributed by atoms with Crippen molar-refractivity contribution in [2.45, 2.75) is 65.0 Å². The molecule has 1 aliphatic heterocycles. The Kier molecular flexibility index (Phi) is 6.44. The Bertz CT molecular complexity index is 707. The Labute approximate surface area is 167 Å². The highest BCUT2D eigenvalue weighted by Crippen LogP contribution is 2.50. The number of likely N-dealkylation sites (tertiary alicyclic amines) is 1. The van der Waals surface area contributed by atoms with Gasteiger partial charge in [-0.3, -0.25) is 9.69 Å². The summed E-state index contributed by atoms with van der Waals surface area (Å²) in [4.78, 5) is 27.6. The number of rotatable bonds is 6. The van der Waals surface area contributed by atoms with Gasteiger partial charge in [-0.1, -0.05) is 12.1 Å². The molecule has 6 heteroatoms. The predicted molar refractivity (Wildman–Crippen MR) is 107 cm³/mol. The second-order valence-corrected chi connectivity index (χ2v) is 8.94. The van der Waals surface area contributed by atoms with Crippen LogP contribution in [0.15, 0.2) is 24.3 Å². The first-order valence-electron chi connectivity index (χ1n) is 9.81. The summed E-state index contributed by atoms with van der Waals surface area (Å²) in [5, 5.41) is 9.82. The number of hydrogen-bond donors (Lipinski definition) is 1. The monoisotopic (exact) mass is 391 g/mol. The number of carbonyl (C=O) groups is 2. The van der Waals surface area contributed by atoms with Gasteiger partial charge < -0.3 is 14.6 Å². The Hall–Kier alpha value is -2.08. The summed E-state index contributed by atoms with van der Waals surface area (Å²) >= 11 is 0. The average Bonchev–Trinajstić information content (AvgIpc) is 2.59. The number of ether oxygens (including phenoxy) is 2. The molecule has 1 aromatic rings. The first kappa shape index (κ1) is 22.2. The Morgan fingerprint density at radius 3 is 2.18 bits per heavy atom. The largest absolute Gasteiger partial charge is 0.507 e. The maximum Gasteiger partial charge on any atom is 0.341 e. The Morgan fingerprint density at radius 1 is 1.07 bits per heavy atom. The average molecular weight is 392 g/mol. The molecule has 1 aromatic carbocycles. The molecule has 0 saturated carbocycles. The third kappa shape index (κ3) is 4.49. The van der Waals surface area contributed by atoms with Gasteiger partial charge >= 0.3 is 11.9 Å². The second kappa shape index (κ2) is 8.11. The molecule has 0 atom stereocenters. The number of phenolic OH excluding ortho intramolecular Hbond substituents is 1. The van der Waals surface area contributed by atoms with Gasteiger partial charge in [0.2, 0.25) is 0 Å². The molecule has 28 heavy (non-hydrogen) atoms. The molecule has 1 heterocycles. The van der Waals surface area contributed by atoms with Crippen LogP contribution in [0.2, 0.25) is 0 Å². The molecule has 0 aliphatic carbocycles. The predicted octanol–water partition coefficient (Wildman–Crippen LogP) is 3.77. The molecule has 0 spiro atoms. The summed E-state index contributed by atoms with van der Waals surface area (Å²) in [7, 11) is 2.08. The second-order valence-electron chi connectivity index (χ2n) is 8.94. The van der Waals surface area contributed by atoms with Crippen molar-refractivity contribution in [2.75, 3.05) is 20.3 Å². The van der Waals surface area contributed by atoms with Crippen molar-refractivity contribution in [2.24, 2.45) is 5.41 Å². The lowest BCUT2D eigenvalue weighted by Crippen LogP contribution is -2.63. The van der Waals surface area contributed by atoms with Gasteiger partial charge in [0.15, 0.2) is 0 Å². The van der Waals surface area contributed by atoms with Crippen LogP contribution in [-0.2, 0) is 14.3 Å². The molecule has 0 unspecified atom stereocenters. The zero-order valence-electron chi connectivity index (χ0n) is 17.9. The maximum atomic E-state index is 13.0. The number of phenols is 1. The molecule has 1 aliphatic rings. The zero-order valence-corrected chi connectivity index (χ0v) is 17.9. The Morgan fingerprint density at radius 2 is 1.64 bits per heavy atom. The number of para-hydroxylation sites is 1. The van der Waals surface area contributed by atoms with Crippen LogP contribution in [0.4, 0.5) is 0 Å². The van der Waals surface area contributed by atoms with E-state index < -0.39 is 11.4 Å². The summed E-state index contributed by atoms with van der Waals surface area (Å²) in [5.74, 6) is -0.944. The highest BCUT2D eigenvalue weighted by atomic mass is 16.5. The fraction of sp³-hybridized carbons (Fsp3) is 0.636. The van der Waals surface area contributed by atoms with Gasteiger partial charge in [-0.15, -0.1) is 0 Å². The number of hydrogen-bond acceptors (Lipinski definition) is 6. The quantitative estimate of drug-likeness (QED) is 0.744. The minimum atomic E-state index is -0.728. The molecule has 2 rings (SSSR count). The lowest BCUT2D eigenvalue weighted by Gasteiger charge is -2.57. The van der Waals surface area contributed by atoms with Crippen LogP contribution < -0.4 is 0 Å². The SMILES string of the molecule is CCOC(=O)C1(CCOC(=O)c2ccccc2O)CC(C)(C)N(C)C(C)(C)C1. The van der Waals surface area contributed by atoms with Crippen molar-refractivity contribution in [3.63, 3.8) is 0 Å². The van der Waals surface area contributed by atoms with E-state index in [9.17, 15) is 14.7 Å². The highest BCUT2D eigenvalue weighted by molar-refractivity contribution is 5.92. The fourth-order valence-electron chi connectivity index (χ4n) is 4.55. The number of aromatic hydroxyl groups is 1. The van der Waals surface area contributed by atoms with Gasteiger partial charge in [-0.25, -0.2) is 4.79 Å². The van der Waals surface area contributed by atoms with Crippen LogP contribution >= 0.6 is 0 Å². The first-order chi connectivity index (χ1) is 12.9. The normalized spacial score (nSPS) is 20.4. The van der Waals surface area contributed by atoms with E-state index in [2.05, 4.69) is 39.6 Å². The number of esters is 2. The van der Waals surface area contributed by atoms with Crippen molar-refractivity contribution in [3.8, 4) is 5.75 Å². The summed E-state index contributed by atoms with van der Waals surface area (Å²) in [5.41, 5.74) is -1.03. The summed E-state index contributed by atoms with van der Waals surface area (Å²) in [6.07, 6.45) is 1.62. The van der Waals surface area contributed by atoms with Gasteiger partial charge in [-0.05, 0) is 73.1 Å². The van der Waals surface area contributed by atoms with Crippen molar-refractivity contribution >= 4 is 11.9 Å². The van der Waals surface area contributed by atoms with Crippen LogP contribution in [0.1, 0.15) is 64.2 Å². The first-order valence-corrected chi connectivity index (χ1v) is 9.81. The fourth-order valence-corrected chi connectivity index (χ4v) is 4.55. The molecule has 0 aromatic heterocycles. The number of piperidine rings is 1. The standard InChI is InChI=1S/C22H33NO5/c1-7-27-19(26)22(14-20(2,3)23(6)21(4,5)15-22)12-13-28-18(25)16-10-8-9-11-17(16)24/h8-11,24H,7,12-15H2,1-6H3. The van der Waals surface area contributed by atoms with E-state index in [1.165, 1.54) is 12.1 Å². The van der Waals surface area contributed by atoms with E-state index in [-0.39, 0.29) is 35.0 Å². The third-order valence-corrected chi connectivity index (χ3v) is 6.00. The van der Waals surface area contributed by atoms with Crippen LogP contribution in [0.5, 0.6) is 5.75 Å². The Balaban J connectivity index is 2.19. The van der Waals surface area contributed by atoms with Gasteiger partial charge in [0.05, 0.1) is 18.6 Å². The molecule has 0 amide bonds.